The molecule has 3 amide bonds. The molecule has 0 saturated carbocycles. The molecule has 0 unspecified atom stereocenters. The Morgan fingerprint density at radius 1 is 1.25 bits per heavy atom. The standard InChI is InChI=1S/C13H24N4O3/c1-3-7-17(10-11(18)14-2)13(20)12(19)16-8-4-5-15-6-9-16/h15H,3-10H2,1-2H3,(H,14,18). The van der Waals surface area contributed by atoms with Crippen molar-refractivity contribution >= 4 is 17.7 Å². The first-order valence-corrected chi connectivity index (χ1v) is 7.09. The second-order valence-electron chi connectivity index (χ2n) is 4.80. The largest absolute Gasteiger partial charge is 0.358 e. The van der Waals surface area contributed by atoms with Crippen molar-refractivity contribution in [2.45, 2.75) is 19.8 Å². The summed E-state index contributed by atoms with van der Waals surface area (Å²) in [6, 6.07) is 0. The predicted molar refractivity (Wildman–Crippen MR) is 75.0 cm³/mol. The van der Waals surface area contributed by atoms with Crippen LogP contribution in [-0.2, 0) is 14.4 Å². The maximum atomic E-state index is 12.2. The number of carbonyl (C=O) groups is 3. The average Bonchev–Trinajstić information content (AvgIpc) is 2.74. The number of nitrogens with one attached hydrogen (secondary N) is 2. The summed E-state index contributed by atoms with van der Waals surface area (Å²) < 4.78 is 0. The van der Waals surface area contributed by atoms with Gasteiger partial charge in [0.2, 0.25) is 5.91 Å². The maximum absolute atomic E-state index is 12.2. The Labute approximate surface area is 119 Å². The van der Waals surface area contributed by atoms with Gasteiger partial charge in [0.25, 0.3) is 0 Å². The van der Waals surface area contributed by atoms with Gasteiger partial charge in [-0.15, -0.1) is 0 Å². The van der Waals surface area contributed by atoms with Crippen LogP contribution in [0.5, 0.6) is 0 Å². The molecule has 114 valence electrons. The van der Waals surface area contributed by atoms with E-state index in [-0.39, 0.29) is 12.5 Å². The summed E-state index contributed by atoms with van der Waals surface area (Å²) in [7, 11) is 1.51. The third kappa shape index (κ3) is 4.80. The summed E-state index contributed by atoms with van der Waals surface area (Å²) in [6.07, 6.45) is 1.54. The molecule has 1 saturated heterocycles. The molecule has 0 spiro atoms. The van der Waals surface area contributed by atoms with Crippen molar-refractivity contribution in [1.29, 1.82) is 0 Å². The van der Waals surface area contributed by atoms with E-state index in [1.165, 1.54) is 11.9 Å². The second-order valence-corrected chi connectivity index (χ2v) is 4.80. The highest BCUT2D eigenvalue weighted by Gasteiger charge is 2.27. The van der Waals surface area contributed by atoms with E-state index in [0.717, 1.165) is 13.0 Å². The topological polar surface area (TPSA) is 81.8 Å². The predicted octanol–water partition coefficient (Wildman–Crippen LogP) is -1.21. The normalized spacial score (nSPS) is 15.4. The lowest BCUT2D eigenvalue weighted by Gasteiger charge is -2.25. The van der Waals surface area contributed by atoms with Gasteiger partial charge >= 0.3 is 11.8 Å². The van der Waals surface area contributed by atoms with Crippen molar-refractivity contribution in [2.75, 3.05) is 46.3 Å². The fourth-order valence-electron chi connectivity index (χ4n) is 2.09. The van der Waals surface area contributed by atoms with Gasteiger partial charge in [0.1, 0.15) is 0 Å². The summed E-state index contributed by atoms with van der Waals surface area (Å²) in [6.45, 7) is 4.91. The molecule has 0 aromatic rings. The Balaban J connectivity index is 2.66. The Kier molecular flexibility index (Phi) is 7.00. The molecule has 2 N–H and O–H groups in total. The summed E-state index contributed by atoms with van der Waals surface area (Å²) in [5, 5.41) is 5.65. The van der Waals surface area contributed by atoms with Crippen LogP contribution in [0.25, 0.3) is 0 Å². The molecule has 7 heteroatoms. The lowest BCUT2D eigenvalue weighted by atomic mass is 10.3. The molecule has 0 aliphatic carbocycles. The Bertz CT molecular complexity index is 352. The smallest absolute Gasteiger partial charge is 0.312 e. The first-order chi connectivity index (χ1) is 9.60. The van der Waals surface area contributed by atoms with E-state index in [0.29, 0.717) is 32.6 Å². The van der Waals surface area contributed by atoms with E-state index in [9.17, 15) is 14.4 Å². The molecule has 1 heterocycles. The molecule has 1 rings (SSSR count). The minimum atomic E-state index is -0.586. The van der Waals surface area contributed by atoms with E-state index in [4.69, 9.17) is 0 Å². The number of nitrogens with zero attached hydrogens (tertiary/aromatic N) is 2. The SMILES string of the molecule is CCCN(CC(=O)NC)C(=O)C(=O)N1CCCNCC1. The lowest BCUT2D eigenvalue weighted by Crippen LogP contribution is -2.49. The summed E-state index contributed by atoms with van der Waals surface area (Å²) in [4.78, 5) is 38.7. The highest BCUT2D eigenvalue weighted by atomic mass is 16.2. The molecular formula is C13H24N4O3. The first-order valence-electron chi connectivity index (χ1n) is 7.09. The molecule has 20 heavy (non-hydrogen) atoms. The van der Waals surface area contributed by atoms with Gasteiger partial charge in [-0.3, -0.25) is 14.4 Å². The number of hydrogen-bond donors (Lipinski definition) is 2. The van der Waals surface area contributed by atoms with Crippen molar-refractivity contribution in [3.63, 3.8) is 0 Å². The van der Waals surface area contributed by atoms with E-state index in [1.54, 1.807) is 4.90 Å². The highest BCUT2D eigenvalue weighted by molar-refractivity contribution is 6.35. The molecule has 1 aliphatic heterocycles. The van der Waals surface area contributed by atoms with Gasteiger partial charge < -0.3 is 20.4 Å². The Morgan fingerprint density at radius 3 is 2.65 bits per heavy atom. The summed E-state index contributed by atoms with van der Waals surface area (Å²) in [5.74, 6) is -1.36. The molecule has 1 aliphatic rings. The minimum Gasteiger partial charge on any atom is -0.358 e. The van der Waals surface area contributed by atoms with Gasteiger partial charge in [0.05, 0.1) is 6.54 Å². The van der Waals surface area contributed by atoms with Gasteiger partial charge in [-0.2, -0.15) is 0 Å². The zero-order valence-corrected chi connectivity index (χ0v) is 12.3. The number of rotatable bonds is 4. The van der Waals surface area contributed by atoms with Crippen molar-refractivity contribution in [3.05, 3.63) is 0 Å². The van der Waals surface area contributed by atoms with Crippen LogP contribution < -0.4 is 10.6 Å². The van der Waals surface area contributed by atoms with Gasteiger partial charge in [-0.25, -0.2) is 0 Å². The minimum absolute atomic E-state index is 0.0684. The van der Waals surface area contributed by atoms with Crippen LogP contribution in [0.3, 0.4) is 0 Å². The third-order valence-electron chi connectivity index (χ3n) is 3.20. The first kappa shape index (κ1) is 16.4. The van der Waals surface area contributed by atoms with Crippen molar-refractivity contribution in [3.8, 4) is 0 Å². The van der Waals surface area contributed by atoms with E-state index in [2.05, 4.69) is 10.6 Å². The lowest BCUT2D eigenvalue weighted by molar-refractivity contribution is -0.152. The van der Waals surface area contributed by atoms with Crippen LogP contribution in [0.1, 0.15) is 19.8 Å². The van der Waals surface area contributed by atoms with Gasteiger partial charge in [-0.05, 0) is 19.4 Å². The van der Waals surface area contributed by atoms with Crippen LogP contribution in [0, 0.1) is 0 Å². The number of amides is 3. The van der Waals surface area contributed by atoms with Crippen molar-refractivity contribution in [2.24, 2.45) is 0 Å². The molecule has 0 atom stereocenters. The van der Waals surface area contributed by atoms with E-state index < -0.39 is 11.8 Å². The highest BCUT2D eigenvalue weighted by Crippen LogP contribution is 2.01. The van der Waals surface area contributed by atoms with E-state index in [1.807, 2.05) is 6.92 Å². The third-order valence-corrected chi connectivity index (χ3v) is 3.20. The monoisotopic (exact) mass is 284 g/mol. The molecule has 1 fully saturated rings. The summed E-state index contributed by atoms with van der Waals surface area (Å²) >= 11 is 0. The van der Waals surface area contributed by atoms with Crippen molar-refractivity contribution < 1.29 is 14.4 Å². The fourth-order valence-corrected chi connectivity index (χ4v) is 2.09. The van der Waals surface area contributed by atoms with Crippen LogP contribution in [-0.4, -0.2) is 73.8 Å². The van der Waals surface area contributed by atoms with Crippen LogP contribution >= 0.6 is 0 Å². The van der Waals surface area contributed by atoms with Crippen LogP contribution in [0.15, 0.2) is 0 Å². The average molecular weight is 284 g/mol. The fraction of sp³-hybridized carbons (Fsp3) is 0.769. The molecule has 0 bridgehead atoms. The zero-order chi connectivity index (χ0) is 15.0. The van der Waals surface area contributed by atoms with Crippen molar-refractivity contribution in [1.82, 2.24) is 20.4 Å². The Hall–Kier alpha value is -1.63. The number of carbonyl (C=O) groups excluding carboxylic acids is 3. The number of likely N-dealkylation sites (N-methyl/N-ethyl adjacent to an activating group) is 1. The molecular weight excluding hydrogens is 260 g/mol. The quantitative estimate of drug-likeness (QED) is 0.635. The Morgan fingerprint density at radius 2 is 2.00 bits per heavy atom. The van der Waals surface area contributed by atoms with Crippen LogP contribution in [0.2, 0.25) is 0 Å². The summed E-state index contributed by atoms with van der Waals surface area (Å²) in [5.41, 5.74) is 0. The van der Waals surface area contributed by atoms with Crippen LogP contribution in [0.4, 0.5) is 0 Å². The molecule has 0 aromatic carbocycles. The van der Waals surface area contributed by atoms with E-state index >= 15 is 0 Å². The van der Waals surface area contributed by atoms with Gasteiger partial charge in [0, 0.05) is 33.2 Å². The van der Waals surface area contributed by atoms with Gasteiger partial charge in [0.15, 0.2) is 0 Å². The molecule has 7 nitrogen and oxygen atoms in total. The zero-order valence-electron chi connectivity index (χ0n) is 12.3. The maximum Gasteiger partial charge on any atom is 0.312 e. The van der Waals surface area contributed by atoms with Gasteiger partial charge in [-0.1, -0.05) is 6.92 Å². The molecule has 0 radical (unpaired) electrons. The second kappa shape index (κ2) is 8.52. The number of hydrogen-bond acceptors (Lipinski definition) is 4. The molecule has 0 aromatic heterocycles.